The summed E-state index contributed by atoms with van der Waals surface area (Å²) < 4.78 is 21.3. The summed E-state index contributed by atoms with van der Waals surface area (Å²) in [6.07, 6.45) is 0. The number of hydrogen-bond acceptors (Lipinski definition) is 2. The Hall–Kier alpha value is -1.85. The van der Waals surface area contributed by atoms with E-state index in [1.807, 2.05) is 24.3 Å². The van der Waals surface area contributed by atoms with Crippen molar-refractivity contribution >= 4 is 37.5 Å². The van der Waals surface area contributed by atoms with Crippen LogP contribution in [0.4, 0.5) is 10.1 Å². The van der Waals surface area contributed by atoms with Crippen molar-refractivity contribution in [1.82, 2.24) is 0 Å². The molecule has 0 aliphatic heterocycles. The van der Waals surface area contributed by atoms with Gasteiger partial charge in [0.15, 0.2) is 0 Å². The van der Waals surface area contributed by atoms with Gasteiger partial charge in [0.25, 0.3) is 0 Å². The quantitative estimate of drug-likeness (QED) is 0.418. The fourth-order valence-corrected chi connectivity index (χ4v) is 3.58. The van der Waals surface area contributed by atoms with E-state index < -0.39 is 0 Å². The number of nitrogens with one attached hydrogen (secondary N) is 1. The molecule has 1 N–H and O–H groups in total. The molecule has 0 saturated heterocycles. The molecular weight excluding hydrogens is 461 g/mol. The maximum Gasteiger partial charge on any atom is 0.134 e. The molecule has 3 aromatic rings. The Labute approximate surface area is 169 Å². The Morgan fingerprint density at radius 2 is 1.81 bits per heavy atom. The predicted molar refractivity (Wildman–Crippen MR) is 111 cm³/mol. The third-order valence-electron chi connectivity index (χ3n) is 4.01. The average Bonchev–Trinajstić information content (AvgIpc) is 2.61. The van der Waals surface area contributed by atoms with E-state index in [1.54, 1.807) is 18.2 Å². The largest absolute Gasteiger partial charge is 0.488 e. The third kappa shape index (κ3) is 4.86. The molecule has 0 aliphatic rings. The van der Waals surface area contributed by atoms with E-state index in [4.69, 9.17) is 4.74 Å². The van der Waals surface area contributed by atoms with Crippen LogP contribution in [0.3, 0.4) is 0 Å². The first kappa shape index (κ1) is 18.9. The second-order valence-electron chi connectivity index (χ2n) is 5.96. The van der Waals surface area contributed by atoms with Gasteiger partial charge in [0.05, 0.1) is 4.47 Å². The normalized spacial score (nSPS) is 10.6. The molecule has 5 heteroatoms. The molecule has 0 heterocycles. The van der Waals surface area contributed by atoms with Gasteiger partial charge in [-0.1, -0.05) is 40.2 Å². The molecule has 0 amide bonds. The summed E-state index contributed by atoms with van der Waals surface area (Å²) in [5, 5.41) is 3.44. The number of anilines is 1. The van der Waals surface area contributed by atoms with Crippen molar-refractivity contribution in [3.63, 3.8) is 0 Å². The summed E-state index contributed by atoms with van der Waals surface area (Å²) in [4.78, 5) is 0. The van der Waals surface area contributed by atoms with Crippen molar-refractivity contribution in [2.45, 2.75) is 20.1 Å². The first-order valence-corrected chi connectivity index (χ1v) is 9.76. The minimum atomic E-state index is -0.255. The van der Waals surface area contributed by atoms with E-state index in [9.17, 15) is 4.39 Å². The average molecular weight is 479 g/mol. The Bertz CT molecular complexity index is 914. The molecule has 3 aromatic carbocycles. The molecule has 0 saturated carbocycles. The number of hydrogen-bond donors (Lipinski definition) is 1. The van der Waals surface area contributed by atoms with Crippen molar-refractivity contribution in [2.75, 3.05) is 5.32 Å². The zero-order valence-corrected chi connectivity index (χ0v) is 17.4. The molecule has 0 aliphatic carbocycles. The van der Waals surface area contributed by atoms with Gasteiger partial charge in [-0.15, -0.1) is 0 Å². The highest BCUT2D eigenvalue weighted by Gasteiger charge is 2.06. The van der Waals surface area contributed by atoms with Gasteiger partial charge in [-0.2, -0.15) is 0 Å². The highest BCUT2D eigenvalue weighted by atomic mass is 79.9. The lowest BCUT2D eigenvalue weighted by Crippen LogP contribution is -2.02. The molecular formula is C21H18Br2FNO. The second-order valence-corrected chi connectivity index (χ2v) is 7.73. The van der Waals surface area contributed by atoms with E-state index in [1.165, 1.54) is 11.6 Å². The molecule has 26 heavy (non-hydrogen) atoms. The van der Waals surface area contributed by atoms with E-state index >= 15 is 0 Å². The van der Waals surface area contributed by atoms with Gasteiger partial charge in [0, 0.05) is 22.3 Å². The van der Waals surface area contributed by atoms with Crippen LogP contribution < -0.4 is 10.1 Å². The summed E-state index contributed by atoms with van der Waals surface area (Å²) in [6, 6.07) is 18.7. The summed E-state index contributed by atoms with van der Waals surface area (Å²) >= 11 is 7.01. The van der Waals surface area contributed by atoms with Crippen LogP contribution in [0.15, 0.2) is 69.6 Å². The molecule has 0 spiro atoms. The zero-order chi connectivity index (χ0) is 18.5. The molecule has 134 valence electrons. The monoisotopic (exact) mass is 477 g/mol. The van der Waals surface area contributed by atoms with Crippen LogP contribution in [0.25, 0.3) is 0 Å². The zero-order valence-electron chi connectivity index (χ0n) is 14.2. The van der Waals surface area contributed by atoms with Gasteiger partial charge in [0.1, 0.15) is 18.2 Å². The van der Waals surface area contributed by atoms with Crippen LogP contribution in [0, 0.1) is 12.7 Å². The Morgan fingerprint density at radius 1 is 1.00 bits per heavy atom. The molecule has 3 rings (SSSR count). The second kappa shape index (κ2) is 8.69. The van der Waals surface area contributed by atoms with Crippen molar-refractivity contribution < 1.29 is 9.13 Å². The maximum absolute atomic E-state index is 13.7. The van der Waals surface area contributed by atoms with Crippen molar-refractivity contribution in [2.24, 2.45) is 0 Å². The number of ether oxygens (including phenoxy) is 1. The van der Waals surface area contributed by atoms with Crippen LogP contribution in [0.1, 0.15) is 16.7 Å². The Kier molecular flexibility index (Phi) is 6.33. The number of benzene rings is 3. The first-order valence-electron chi connectivity index (χ1n) is 8.17. The summed E-state index contributed by atoms with van der Waals surface area (Å²) in [6.45, 7) is 2.97. The van der Waals surface area contributed by atoms with Crippen LogP contribution in [-0.2, 0) is 13.2 Å². The van der Waals surface area contributed by atoms with Gasteiger partial charge < -0.3 is 10.1 Å². The minimum absolute atomic E-state index is 0.195. The third-order valence-corrected chi connectivity index (χ3v) is 5.12. The molecule has 0 radical (unpaired) electrons. The highest BCUT2D eigenvalue weighted by molar-refractivity contribution is 9.10. The molecule has 0 fully saturated rings. The fourth-order valence-electron chi connectivity index (χ4n) is 2.57. The Balaban J connectivity index is 1.63. The van der Waals surface area contributed by atoms with Crippen LogP contribution in [-0.4, -0.2) is 0 Å². The standard InChI is InChI=1S/C21H18Br2FNO/c1-14-10-17(22)7-8-20(14)25-12-15-6-9-21(18(23)11-15)26-13-16-4-2-3-5-19(16)24/h2-11,25H,12-13H2,1H3. The van der Waals surface area contributed by atoms with Gasteiger partial charge in [-0.25, -0.2) is 4.39 Å². The predicted octanol–water partition coefficient (Wildman–Crippen LogP) is 6.85. The van der Waals surface area contributed by atoms with E-state index in [-0.39, 0.29) is 12.4 Å². The number of halogens is 3. The van der Waals surface area contributed by atoms with E-state index in [0.717, 1.165) is 20.2 Å². The summed E-state index contributed by atoms with van der Waals surface area (Å²) in [5.74, 6) is 0.436. The maximum atomic E-state index is 13.7. The fraction of sp³-hybridized carbons (Fsp3) is 0.143. The topological polar surface area (TPSA) is 21.3 Å². The van der Waals surface area contributed by atoms with E-state index in [0.29, 0.717) is 17.9 Å². The number of rotatable bonds is 6. The lowest BCUT2D eigenvalue weighted by atomic mass is 10.1. The van der Waals surface area contributed by atoms with Crippen LogP contribution in [0.2, 0.25) is 0 Å². The van der Waals surface area contributed by atoms with Gasteiger partial charge in [-0.3, -0.25) is 0 Å². The van der Waals surface area contributed by atoms with Gasteiger partial charge in [-0.05, 0) is 70.4 Å². The van der Waals surface area contributed by atoms with Gasteiger partial charge >= 0.3 is 0 Å². The minimum Gasteiger partial charge on any atom is -0.488 e. The molecule has 0 bridgehead atoms. The SMILES string of the molecule is Cc1cc(Br)ccc1NCc1ccc(OCc2ccccc2F)c(Br)c1. The van der Waals surface area contributed by atoms with Crippen molar-refractivity contribution in [3.8, 4) is 5.75 Å². The smallest absolute Gasteiger partial charge is 0.134 e. The first-order chi connectivity index (χ1) is 12.5. The number of aryl methyl sites for hydroxylation is 1. The van der Waals surface area contributed by atoms with Crippen LogP contribution in [0.5, 0.6) is 5.75 Å². The van der Waals surface area contributed by atoms with Crippen molar-refractivity contribution in [1.29, 1.82) is 0 Å². The summed E-state index contributed by atoms with van der Waals surface area (Å²) in [7, 11) is 0. The van der Waals surface area contributed by atoms with Crippen LogP contribution >= 0.6 is 31.9 Å². The van der Waals surface area contributed by atoms with Crippen molar-refractivity contribution in [3.05, 3.63) is 92.1 Å². The summed E-state index contributed by atoms with van der Waals surface area (Å²) in [5.41, 5.74) is 3.95. The molecule has 0 unspecified atom stereocenters. The lowest BCUT2D eigenvalue weighted by Gasteiger charge is -2.12. The highest BCUT2D eigenvalue weighted by Crippen LogP contribution is 2.28. The molecule has 0 atom stereocenters. The van der Waals surface area contributed by atoms with E-state index in [2.05, 4.69) is 56.2 Å². The molecule has 2 nitrogen and oxygen atoms in total. The van der Waals surface area contributed by atoms with Gasteiger partial charge in [0.2, 0.25) is 0 Å². The Morgan fingerprint density at radius 3 is 2.54 bits per heavy atom. The lowest BCUT2D eigenvalue weighted by molar-refractivity contribution is 0.298. The molecule has 0 aromatic heterocycles.